The summed E-state index contributed by atoms with van der Waals surface area (Å²) in [5.41, 5.74) is 0.240. The Morgan fingerprint density at radius 3 is 1.08 bits per heavy atom. The summed E-state index contributed by atoms with van der Waals surface area (Å²) in [4.78, 5) is 139. The van der Waals surface area contributed by atoms with Gasteiger partial charge in [-0.05, 0) is 200 Å². The molecule has 9 heterocycles. The minimum absolute atomic E-state index is 0.0424. The molecule has 0 unspecified atom stereocenters. The fourth-order valence-corrected chi connectivity index (χ4v) is 16.1. The number of rotatable bonds is 28. The number of imidazole rings is 3. The number of fused-ring (bicyclic) bond motifs is 3. The van der Waals surface area contributed by atoms with Crippen LogP contribution >= 0.6 is 0 Å². The van der Waals surface area contributed by atoms with Gasteiger partial charge in [0, 0.05) is 127 Å². The fraction of sp³-hybridized carbons (Fsp3) is 0.410. The van der Waals surface area contributed by atoms with Crippen LogP contribution in [0.25, 0.3) is 17.3 Å². The van der Waals surface area contributed by atoms with Crippen molar-refractivity contribution in [1.82, 2.24) is 83.6 Å². The molecule has 742 valence electrons. The van der Waals surface area contributed by atoms with Crippen LogP contribution in [0.5, 0.6) is 17.2 Å². The highest BCUT2D eigenvalue weighted by molar-refractivity contribution is 5.94. The monoisotopic (exact) mass is 1920 g/mol. The average Bonchev–Trinajstić information content (AvgIpc) is 1.62. The number of hydrogen-bond acceptors (Lipinski definition) is 21. The van der Waals surface area contributed by atoms with E-state index in [-0.39, 0.29) is 109 Å². The van der Waals surface area contributed by atoms with Crippen molar-refractivity contribution in [2.45, 2.75) is 208 Å². The number of benzene rings is 6. The second kappa shape index (κ2) is 46.8. The molecule has 8 atom stereocenters. The third kappa shape index (κ3) is 31.3. The van der Waals surface area contributed by atoms with Crippen LogP contribution in [0.2, 0.25) is 0 Å². The van der Waals surface area contributed by atoms with Gasteiger partial charge in [0.2, 0.25) is 23.2 Å². The Morgan fingerprint density at radius 1 is 0.414 bits per heavy atom. The molecule has 32 nitrogen and oxygen atoms in total. The number of aromatic nitrogens is 9. The average molecular weight is 1920 g/mol. The molecule has 0 saturated carbocycles. The van der Waals surface area contributed by atoms with E-state index in [9.17, 15) is 51.5 Å². The van der Waals surface area contributed by atoms with E-state index in [0.717, 1.165) is 35.4 Å². The standard InChI is InChI=1S/C37H45FN6O5.C31H34FN5O4.C26H26FN5O2.C11H21NO4/c1-36(2,3)31(41-35(47)49-37(4,5)6)33(46)44-23-29(48-28-11-8-7-9-12-28)21-27(44)22-42(20-17-25-13-15-26(38)16-14-25)32(45)30-24-43-19-10-18-39-34(43)40-30;1-31(2,3)41-30(39)37-20-26(40-25-8-5-4-6-9-25)18-24(37)19-35(17-14-22-10-12-23(32)13-11-22)28(38)27-21-36-16-7-15-33-29(36)34-27;27-20-9-7-19(8-10-20)11-14-31(25(33)24-18-32-13-4-12-28-26(32)30-24)17-21-15-23(16-29-21)34-22-5-2-1-3-6-22;1-10(2,3)7(8(13)14)12-9(15)16-11(4,5)6/h7-16,18-19,24,27,29,31H,17,20-23H2,1-6H3,(H,41,47);4-13,15-16,21,24,26H,14,17-20H2,1-3H3;1-10,12-13,18,21,23,29H,11,14-17H2;7H,1-6H3,(H,12,15)(H,13,14)/t27-,29-,31+;24-,26-;21-,23-;7-/m0001/s1. The molecule has 4 N–H and O–H groups in total. The first kappa shape index (κ1) is 104. The Kier molecular flexibility index (Phi) is 34.9. The number of para-hydroxylation sites is 3. The van der Waals surface area contributed by atoms with Gasteiger partial charge in [-0.1, -0.05) is 133 Å². The molecule has 3 saturated heterocycles. The predicted octanol–water partition coefficient (Wildman–Crippen LogP) is 15.9. The van der Waals surface area contributed by atoms with Crippen molar-refractivity contribution in [2.75, 3.05) is 58.9 Å². The Bertz CT molecular complexity index is 6030. The number of likely N-dealkylation sites (tertiary alicyclic amines) is 2. The number of nitrogens with one attached hydrogen (secondary N) is 3. The highest BCUT2D eigenvalue weighted by Gasteiger charge is 2.46. The summed E-state index contributed by atoms with van der Waals surface area (Å²) in [6.45, 7) is 30.1. The van der Waals surface area contributed by atoms with E-state index >= 15 is 0 Å². The zero-order valence-corrected chi connectivity index (χ0v) is 81.8. The van der Waals surface area contributed by atoms with Crippen LogP contribution in [0, 0.1) is 28.3 Å². The van der Waals surface area contributed by atoms with Crippen molar-refractivity contribution >= 4 is 65.2 Å². The van der Waals surface area contributed by atoms with E-state index in [1.807, 2.05) is 144 Å². The second-order valence-electron chi connectivity index (χ2n) is 39.9. The van der Waals surface area contributed by atoms with Gasteiger partial charge >= 0.3 is 24.2 Å². The first-order chi connectivity index (χ1) is 66.4. The molecule has 12 aromatic rings. The lowest BCUT2D eigenvalue weighted by molar-refractivity contribution is -0.142. The van der Waals surface area contributed by atoms with Gasteiger partial charge in [0.1, 0.15) is 99.0 Å². The molecule has 3 aliphatic heterocycles. The summed E-state index contributed by atoms with van der Waals surface area (Å²) in [5, 5.41) is 17.6. The minimum atomic E-state index is -1.07. The Balaban J connectivity index is 0.000000176. The van der Waals surface area contributed by atoms with Gasteiger partial charge in [-0.25, -0.2) is 62.3 Å². The van der Waals surface area contributed by atoms with Crippen molar-refractivity contribution in [1.29, 1.82) is 0 Å². The van der Waals surface area contributed by atoms with Crippen molar-refractivity contribution in [3.8, 4) is 17.2 Å². The third-order valence-corrected chi connectivity index (χ3v) is 22.8. The van der Waals surface area contributed by atoms with E-state index in [4.69, 9.17) is 33.5 Å². The van der Waals surface area contributed by atoms with Gasteiger partial charge in [0.05, 0.1) is 25.2 Å². The summed E-state index contributed by atoms with van der Waals surface area (Å²) >= 11 is 0. The number of aliphatic carboxylic acids is 1. The zero-order chi connectivity index (χ0) is 101. The summed E-state index contributed by atoms with van der Waals surface area (Å²) in [6, 6.07) is 50.1. The molecule has 0 bridgehead atoms. The van der Waals surface area contributed by atoms with Crippen molar-refractivity contribution in [3.05, 3.63) is 289 Å². The molecule has 3 aliphatic rings. The SMILES string of the molecule is CC(C)(C)OC(=O)N1C[C@@H](Oc2ccccc2)C[C@H]1CN(CCc1ccc(F)cc1)C(=O)c1cn2cccnc2n1.CC(C)(C)OC(=O)N[C@H](C(=O)N1C[C@@H](Oc2ccccc2)C[C@H]1CN(CCc1ccc(F)cc1)C(=O)c1cn2cccnc2n1)C(C)(C)C.CC(C)(C)OC(=O)N[C@H](C(=O)O)C(C)(C)C.O=C(c1cn2cccnc2n1)N(CCc1ccc(F)cc1)C[C@@H]1C[C@H](Oc2ccccc2)CN1. The maximum Gasteiger partial charge on any atom is 0.410 e. The number of halogens is 3. The molecule has 7 amide bonds. The zero-order valence-electron chi connectivity index (χ0n) is 81.8. The molecule has 140 heavy (non-hydrogen) atoms. The Labute approximate surface area is 813 Å². The van der Waals surface area contributed by atoms with Crippen LogP contribution in [-0.2, 0) is 43.1 Å². The lowest BCUT2D eigenvalue weighted by Crippen LogP contribution is -2.57. The molecule has 6 aromatic carbocycles. The van der Waals surface area contributed by atoms with Crippen molar-refractivity contribution in [3.63, 3.8) is 0 Å². The van der Waals surface area contributed by atoms with Gasteiger partial charge in [-0.2, -0.15) is 0 Å². The van der Waals surface area contributed by atoms with Crippen LogP contribution in [0.4, 0.5) is 27.6 Å². The lowest BCUT2D eigenvalue weighted by Gasteiger charge is -2.37. The highest BCUT2D eigenvalue weighted by Crippen LogP contribution is 2.33. The molecule has 3 fully saturated rings. The first-order valence-corrected chi connectivity index (χ1v) is 46.8. The van der Waals surface area contributed by atoms with E-state index in [0.29, 0.717) is 92.8 Å². The smallest absolute Gasteiger partial charge is 0.410 e. The summed E-state index contributed by atoms with van der Waals surface area (Å²) in [6.07, 6.45) is 16.1. The fourth-order valence-electron chi connectivity index (χ4n) is 16.1. The van der Waals surface area contributed by atoms with Gasteiger partial charge in [0.15, 0.2) is 0 Å². The molecule has 0 spiro atoms. The number of hydrogen-bond donors (Lipinski definition) is 4. The minimum Gasteiger partial charge on any atom is -0.489 e. The van der Waals surface area contributed by atoms with Gasteiger partial charge in [0.25, 0.3) is 17.7 Å². The van der Waals surface area contributed by atoms with Crippen molar-refractivity contribution < 1.29 is 85.1 Å². The molecular weight excluding hydrogens is 1800 g/mol. The number of ether oxygens (including phenoxy) is 6. The molecule has 0 aliphatic carbocycles. The van der Waals surface area contributed by atoms with Crippen molar-refractivity contribution in [2.24, 2.45) is 10.8 Å². The van der Waals surface area contributed by atoms with E-state index in [1.54, 1.807) is 199 Å². The molecule has 35 heteroatoms. The topological polar surface area (TPSA) is 355 Å². The Hall–Kier alpha value is -14.5. The Morgan fingerprint density at radius 2 is 0.743 bits per heavy atom. The van der Waals surface area contributed by atoms with E-state index in [1.165, 1.54) is 36.4 Å². The largest absolute Gasteiger partial charge is 0.489 e. The van der Waals surface area contributed by atoms with E-state index in [2.05, 4.69) is 45.9 Å². The number of amides is 7. The maximum atomic E-state index is 14.5. The molecule has 15 rings (SSSR count). The van der Waals surface area contributed by atoms with Crippen LogP contribution in [0.3, 0.4) is 0 Å². The maximum absolute atomic E-state index is 14.5. The summed E-state index contributed by atoms with van der Waals surface area (Å²) in [7, 11) is 0. The number of nitrogens with zero attached hydrogens (tertiary/aromatic N) is 14. The quantitative estimate of drug-likeness (QED) is 0.0331. The lowest BCUT2D eigenvalue weighted by atomic mass is 9.85. The normalized spacial score (nSPS) is 16.9. The number of carboxylic acid groups (broad SMARTS) is 1. The van der Waals surface area contributed by atoms with Crippen LogP contribution in [-0.4, -0.2) is 245 Å². The van der Waals surface area contributed by atoms with Gasteiger partial charge in [-0.15, -0.1) is 0 Å². The van der Waals surface area contributed by atoms with Gasteiger partial charge in [-0.3, -0.25) is 37.3 Å². The van der Waals surface area contributed by atoms with E-state index < -0.39 is 70.0 Å². The number of alkyl carbamates (subject to hydrolysis) is 2. The number of carbonyl (C=O) groups excluding carboxylic acids is 7. The van der Waals surface area contributed by atoms with Crippen LogP contribution in [0.15, 0.2) is 238 Å². The second-order valence-corrected chi connectivity index (χ2v) is 39.9. The predicted molar refractivity (Wildman–Crippen MR) is 520 cm³/mol. The summed E-state index contributed by atoms with van der Waals surface area (Å²) < 4.78 is 80.4. The molecule has 0 radical (unpaired) electrons. The number of carboxylic acids is 1. The number of carbonyl (C=O) groups is 8. The molecule has 6 aromatic heterocycles. The molecular formula is C105H126F3N17O15. The summed E-state index contributed by atoms with van der Waals surface area (Å²) in [5.74, 6) is 0.455. The third-order valence-electron chi connectivity index (χ3n) is 22.8. The van der Waals surface area contributed by atoms with Crippen LogP contribution < -0.4 is 30.2 Å². The van der Waals surface area contributed by atoms with Gasteiger partial charge < -0.3 is 69.1 Å². The highest BCUT2D eigenvalue weighted by atomic mass is 19.1. The van der Waals surface area contributed by atoms with Crippen LogP contribution in [0.1, 0.15) is 171 Å². The first-order valence-electron chi connectivity index (χ1n) is 46.8.